The Hall–Kier alpha value is -1.76. The molecule has 8 N–H and O–H groups in total. The second-order valence-electron chi connectivity index (χ2n) is 20.9. The quantitative estimate of drug-likeness (QED) is 0.108. The van der Waals surface area contributed by atoms with Gasteiger partial charge in [-0.05, 0) is 84.4 Å². The van der Waals surface area contributed by atoms with E-state index in [0.717, 1.165) is 32.1 Å². The van der Waals surface area contributed by atoms with Crippen molar-refractivity contribution in [1.29, 1.82) is 0 Å². The van der Waals surface area contributed by atoms with Gasteiger partial charge < -0.3 is 64.5 Å². The van der Waals surface area contributed by atoms with Crippen molar-refractivity contribution < 1.29 is 74.1 Å². The molecule has 0 aromatic carbocycles. The van der Waals surface area contributed by atoms with Gasteiger partial charge in [0.25, 0.3) is 0 Å². The van der Waals surface area contributed by atoms with E-state index >= 15 is 0 Å². The lowest BCUT2D eigenvalue weighted by molar-refractivity contribution is -0.374. The number of rotatable bonds is 6. The zero-order valence-corrected chi connectivity index (χ0v) is 34.1. The van der Waals surface area contributed by atoms with E-state index in [1.807, 2.05) is 0 Å². The molecule has 4 saturated carbocycles. The summed E-state index contributed by atoms with van der Waals surface area (Å²) in [5.41, 5.74) is -1.04. The zero-order chi connectivity index (χ0) is 41.6. The van der Waals surface area contributed by atoms with Crippen LogP contribution in [0.2, 0.25) is 0 Å². The first-order chi connectivity index (χ1) is 26.5. The SMILES string of the molecule is CC1(C)CC2C3=CCC4C5(C)CCC(OC6OC(C(=O)O)C(O)C(O)C6OC6OC(CO)C(O)C(O)C6O)C(C)(C)C5CCC4(C)C3(C)CC(O)C23CC1OC3=O. The molecular weight excluding hydrogens is 744 g/mol. The summed E-state index contributed by atoms with van der Waals surface area (Å²) in [6.07, 6.45) is -10.6. The van der Waals surface area contributed by atoms with Crippen LogP contribution in [0.3, 0.4) is 0 Å². The molecule has 3 saturated heterocycles. The maximum atomic E-state index is 13.7. The number of carboxylic acid groups (broad SMARTS) is 1. The molecule has 322 valence electrons. The molecule has 3 aliphatic heterocycles. The number of carbonyl (C=O) groups excluding carboxylic acids is 1. The third-order valence-corrected chi connectivity index (χ3v) is 17.6. The Morgan fingerprint density at radius 2 is 1.51 bits per heavy atom. The fourth-order valence-electron chi connectivity index (χ4n) is 14.1. The van der Waals surface area contributed by atoms with Crippen molar-refractivity contribution in [3.63, 3.8) is 0 Å². The smallest absolute Gasteiger partial charge is 0.335 e. The van der Waals surface area contributed by atoms with E-state index in [1.165, 1.54) is 5.57 Å². The Morgan fingerprint density at radius 3 is 2.18 bits per heavy atom. The standard InChI is InChI=1S/C42H64O15/c1-37(2)14-19-18-8-9-22-39(5)12-11-24(38(3,4)21(39)10-13-40(22,6)41(18,7)15-23(44)42(19)16-25(37)55-36(42)52)54-35-32(29(48)28(47)31(56-35)33(50)51)57-34-30(49)27(46)26(45)20(17-43)53-34/h8,19-32,34-35,43-49H,9-17H2,1-7H3,(H,50,51). The minimum absolute atomic E-state index is 0.0893. The largest absolute Gasteiger partial charge is 0.479 e. The van der Waals surface area contributed by atoms with Crippen LogP contribution in [0.5, 0.6) is 0 Å². The number of aliphatic hydroxyl groups is 7. The van der Waals surface area contributed by atoms with Gasteiger partial charge in [-0.25, -0.2) is 4.79 Å². The molecule has 57 heavy (non-hydrogen) atoms. The number of carbonyl (C=O) groups is 2. The summed E-state index contributed by atoms with van der Waals surface area (Å²) in [5.74, 6) is -1.50. The summed E-state index contributed by atoms with van der Waals surface area (Å²) in [6.45, 7) is 15.0. The Morgan fingerprint density at radius 1 is 0.807 bits per heavy atom. The third-order valence-electron chi connectivity index (χ3n) is 17.6. The number of hydrogen-bond donors (Lipinski definition) is 8. The molecule has 15 nitrogen and oxygen atoms in total. The van der Waals surface area contributed by atoms with E-state index in [-0.39, 0.29) is 51.5 Å². The normalized spacial score (nSPS) is 55.0. The van der Waals surface area contributed by atoms with Gasteiger partial charge >= 0.3 is 11.9 Å². The Balaban J connectivity index is 1.07. The molecule has 15 heteroatoms. The van der Waals surface area contributed by atoms with Crippen LogP contribution in [0, 0.1) is 50.2 Å². The van der Waals surface area contributed by atoms with Crippen LogP contribution in [0.1, 0.15) is 99.8 Å². The van der Waals surface area contributed by atoms with Crippen molar-refractivity contribution in [2.45, 2.75) is 180 Å². The summed E-state index contributed by atoms with van der Waals surface area (Å²) >= 11 is 0. The molecule has 2 bridgehead atoms. The molecule has 0 amide bonds. The highest BCUT2D eigenvalue weighted by atomic mass is 16.8. The van der Waals surface area contributed by atoms with Gasteiger partial charge in [-0.2, -0.15) is 0 Å². The fourth-order valence-corrected chi connectivity index (χ4v) is 14.1. The summed E-state index contributed by atoms with van der Waals surface area (Å²) in [7, 11) is 0. The van der Waals surface area contributed by atoms with Gasteiger partial charge in [0.15, 0.2) is 18.7 Å². The topological polar surface area (TPSA) is 242 Å². The number of aliphatic carboxylic acids is 1. The lowest BCUT2D eigenvalue weighted by Crippen LogP contribution is -2.68. The number of esters is 1. The number of aliphatic hydroxyl groups excluding tert-OH is 7. The van der Waals surface area contributed by atoms with Gasteiger partial charge in [0, 0.05) is 11.8 Å². The van der Waals surface area contributed by atoms with Gasteiger partial charge in [-0.15, -0.1) is 0 Å². The maximum Gasteiger partial charge on any atom is 0.335 e. The van der Waals surface area contributed by atoms with Crippen molar-refractivity contribution in [1.82, 2.24) is 0 Å². The predicted molar refractivity (Wildman–Crippen MR) is 198 cm³/mol. The van der Waals surface area contributed by atoms with Crippen LogP contribution in [0.25, 0.3) is 0 Å². The van der Waals surface area contributed by atoms with Crippen molar-refractivity contribution in [3.05, 3.63) is 11.6 Å². The van der Waals surface area contributed by atoms with E-state index in [1.54, 1.807) is 0 Å². The molecule has 8 aliphatic rings. The molecule has 20 unspecified atom stereocenters. The van der Waals surface area contributed by atoms with Gasteiger partial charge in [0.05, 0.1) is 18.8 Å². The molecule has 3 heterocycles. The lowest BCUT2D eigenvalue weighted by Gasteiger charge is -2.71. The Bertz CT molecular complexity index is 1650. The van der Waals surface area contributed by atoms with Crippen molar-refractivity contribution in [2.75, 3.05) is 6.61 Å². The van der Waals surface area contributed by atoms with Crippen molar-refractivity contribution >= 4 is 11.9 Å². The van der Waals surface area contributed by atoms with Gasteiger partial charge in [-0.1, -0.05) is 60.1 Å². The number of allylic oxidation sites excluding steroid dienone is 2. The number of fused-ring (bicyclic) bond motifs is 7. The molecule has 0 aromatic heterocycles. The minimum Gasteiger partial charge on any atom is -0.479 e. The number of hydrogen-bond acceptors (Lipinski definition) is 14. The first kappa shape index (κ1) is 42.0. The average molecular weight is 809 g/mol. The maximum absolute atomic E-state index is 13.7. The first-order valence-electron chi connectivity index (χ1n) is 20.9. The molecule has 8 rings (SSSR count). The molecular formula is C42H64O15. The molecule has 0 radical (unpaired) electrons. The number of ether oxygens (including phenoxy) is 5. The van der Waals surface area contributed by atoms with Crippen molar-refractivity contribution in [2.24, 2.45) is 50.2 Å². The van der Waals surface area contributed by atoms with Gasteiger partial charge in [-0.3, -0.25) is 4.79 Å². The van der Waals surface area contributed by atoms with Crippen molar-refractivity contribution in [3.8, 4) is 0 Å². The summed E-state index contributed by atoms with van der Waals surface area (Å²) in [6, 6.07) is 0. The highest BCUT2D eigenvalue weighted by Gasteiger charge is 2.74. The van der Waals surface area contributed by atoms with E-state index in [2.05, 4.69) is 54.5 Å². The third kappa shape index (κ3) is 5.69. The van der Waals surface area contributed by atoms with Crippen LogP contribution in [-0.2, 0) is 33.3 Å². The highest BCUT2D eigenvalue weighted by molar-refractivity contribution is 5.82. The lowest BCUT2D eigenvalue weighted by atomic mass is 9.33. The van der Waals surface area contributed by atoms with Gasteiger partial charge in [0.2, 0.25) is 0 Å². The van der Waals surface area contributed by atoms with E-state index in [9.17, 15) is 50.4 Å². The summed E-state index contributed by atoms with van der Waals surface area (Å²) < 4.78 is 29.9. The van der Waals surface area contributed by atoms with E-state index < -0.39 is 97.0 Å². The second-order valence-corrected chi connectivity index (χ2v) is 20.9. The monoisotopic (exact) mass is 808 g/mol. The van der Waals surface area contributed by atoms with E-state index in [4.69, 9.17) is 23.7 Å². The molecule has 1 spiro atoms. The molecule has 0 aromatic rings. The highest BCUT2D eigenvalue weighted by Crippen LogP contribution is 2.76. The minimum atomic E-state index is -1.95. The van der Waals surface area contributed by atoms with Crippen LogP contribution < -0.4 is 0 Å². The van der Waals surface area contributed by atoms with Crippen LogP contribution in [0.4, 0.5) is 0 Å². The summed E-state index contributed by atoms with van der Waals surface area (Å²) in [4.78, 5) is 25.9. The zero-order valence-electron chi connectivity index (χ0n) is 34.1. The molecule has 5 aliphatic carbocycles. The second kappa shape index (κ2) is 13.6. The van der Waals surface area contributed by atoms with Crippen LogP contribution >= 0.6 is 0 Å². The predicted octanol–water partition coefficient (Wildman–Crippen LogP) is 1.40. The number of carboxylic acids is 1. The summed E-state index contributed by atoms with van der Waals surface area (Å²) in [5, 5.41) is 85.2. The fraction of sp³-hybridized carbons (Fsp3) is 0.905. The molecule has 20 atom stereocenters. The first-order valence-corrected chi connectivity index (χ1v) is 20.9. The Kier molecular flexibility index (Phi) is 10.0. The van der Waals surface area contributed by atoms with Crippen LogP contribution in [0.15, 0.2) is 11.6 Å². The molecule has 7 fully saturated rings. The van der Waals surface area contributed by atoms with Gasteiger partial charge in [0.1, 0.15) is 54.2 Å². The van der Waals surface area contributed by atoms with Crippen LogP contribution in [-0.4, -0.2) is 139 Å². The van der Waals surface area contributed by atoms with E-state index in [0.29, 0.717) is 19.3 Å². The Labute approximate surface area is 333 Å². The average Bonchev–Trinajstić information content (AvgIpc) is 3.46.